The van der Waals surface area contributed by atoms with Crippen LogP contribution in [0.15, 0.2) is 0 Å². The van der Waals surface area contributed by atoms with E-state index in [2.05, 4.69) is 0 Å². The molecular weight excluding hydrogens is 190 g/mol. The molecule has 3 heteroatoms. The minimum atomic E-state index is -0.144. The zero-order chi connectivity index (χ0) is 11.1. The average molecular weight is 213 g/mol. The highest BCUT2D eigenvalue weighted by Crippen LogP contribution is 2.25. The van der Waals surface area contributed by atoms with E-state index in [9.17, 15) is 4.79 Å². The highest BCUT2D eigenvalue weighted by Gasteiger charge is 2.22. The summed E-state index contributed by atoms with van der Waals surface area (Å²) in [5.41, 5.74) is 6.05. The van der Waals surface area contributed by atoms with Crippen LogP contribution >= 0.6 is 0 Å². The second-order valence-corrected chi connectivity index (χ2v) is 4.42. The maximum absolute atomic E-state index is 11.3. The van der Waals surface area contributed by atoms with Gasteiger partial charge in [-0.25, -0.2) is 0 Å². The van der Waals surface area contributed by atoms with Crippen molar-refractivity contribution < 1.29 is 9.53 Å². The SMILES string of the molecule is CCOC(=O)C[C@@H](N)C1CCCCCC1. The minimum Gasteiger partial charge on any atom is -0.466 e. The number of nitrogens with two attached hydrogens (primary N) is 1. The molecule has 0 aliphatic heterocycles. The molecule has 0 aromatic heterocycles. The van der Waals surface area contributed by atoms with Crippen molar-refractivity contribution in [2.45, 2.75) is 57.9 Å². The number of hydrogen-bond acceptors (Lipinski definition) is 3. The number of hydrogen-bond donors (Lipinski definition) is 1. The fraction of sp³-hybridized carbons (Fsp3) is 0.917. The van der Waals surface area contributed by atoms with Crippen LogP contribution < -0.4 is 5.73 Å². The van der Waals surface area contributed by atoms with E-state index in [-0.39, 0.29) is 12.0 Å². The lowest BCUT2D eigenvalue weighted by atomic mass is 9.90. The van der Waals surface area contributed by atoms with Crippen LogP contribution in [0.2, 0.25) is 0 Å². The number of carbonyl (C=O) groups is 1. The summed E-state index contributed by atoms with van der Waals surface area (Å²) in [5.74, 6) is 0.381. The Morgan fingerprint density at radius 3 is 2.47 bits per heavy atom. The quantitative estimate of drug-likeness (QED) is 0.575. The first-order valence-corrected chi connectivity index (χ1v) is 6.15. The molecule has 0 saturated heterocycles. The van der Waals surface area contributed by atoms with E-state index in [1.54, 1.807) is 0 Å². The Balaban J connectivity index is 2.30. The molecule has 1 rings (SSSR count). The van der Waals surface area contributed by atoms with Gasteiger partial charge in [0, 0.05) is 6.04 Å². The van der Waals surface area contributed by atoms with Gasteiger partial charge in [-0.15, -0.1) is 0 Å². The van der Waals surface area contributed by atoms with Crippen LogP contribution in [0.3, 0.4) is 0 Å². The van der Waals surface area contributed by atoms with Gasteiger partial charge < -0.3 is 10.5 Å². The van der Waals surface area contributed by atoms with Crippen molar-refractivity contribution in [2.75, 3.05) is 6.61 Å². The summed E-state index contributed by atoms with van der Waals surface area (Å²) >= 11 is 0. The Bertz CT molecular complexity index is 186. The van der Waals surface area contributed by atoms with Crippen LogP contribution in [0.25, 0.3) is 0 Å². The molecule has 0 aromatic rings. The monoisotopic (exact) mass is 213 g/mol. The van der Waals surface area contributed by atoms with Crippen molar-refractivity contribution in [1.82, 2.24) is 0 Å². The molecule has 1 fully saturated rings. The van der Waals surface area contributed by atoms with E-state index in [0.717, 1.165) is 0 Å². The van der Waals surface area contributed by atoms with Crippen LogP contribution in [0.1, 0.15) is 51.9 Å². The van der Waals surface area contributed by atoms with Gasteiger partial charge in [0.1, 0.15) is 0 Å². The number of rotatable bonds is 4. The van der Waals surface area contributed by atoms with Crippen molar-refractivity contribution in [1.29, 1.82) is 0 Å². The largest absolute Gasteiger partial charge is 0.466 e. The van der Waals surface area contributed by atoms with Crippen LogP contribution in [0.4, 0.5) is 0 Å². The summed E-state index contributed by atoms with van der Waals surface area (Å²) < 4.78 is 4.92. The molecule has 1 atom stereocenters. The Morgan fingerprint density at radius 2 is 1.93 bits per heavy atom. The first-order valence-electron chi connectivity index (χ1n) is 6.15. The van der Waals surface area contributed by atoms with Gasteiger partial charge >= 0.3 is 5.97 Å². The van der Waals surface area contributed by atoms with E-state index >= 15 is 0 Å². The molecule has 0 bridgehead atoms. The summed E-state index contributed by atoms with van der Waals surface area (Å²) in [5, 5.41) is 0. The third-order valence-corrected chi connectivity index (χ3v) is 3.21. The van der Waals surface area contributed by atoms with Gasteiger partial charge in [-0.1, -0.05) is 25.7 Å². The Hall–Kier alpha value is -0.570. The molecule has 0 radical (unpaired) electrons. The van der Waals surface area contributed by atoms with Gasteiger partial charge in [0.15, 0.2) is 0 Å². The molecule has 0 spiro atoms. The number of ether oxygens (including phenoxy) is 1. The number of carbonyl (C=O) groups excluding carboxylic acids is 1. The van der Waals surface area contributed by atoms with Crippen LogP contribution in [0, 0.1) is 5.92 Å². The normalized spacial score (nSPS) is 20.7. The van der Waals surface area contributed by atoms with E-state index in [4.69, 9.17) is 10.5 Å². The zero-order valence-electron chi connectivity index (χ0n) is 9.71. The molecule has 1 saturated carbocycles. The van der Waals surface area contributed by atoms with Gasteiger partial charge in [0.25, 0.3) is 0 Å². The third kappa shape index (κ3) is 4.65. The summed E-state index contributed by atoms with van der Waals surface area (Å²) in [6.07, 6.45) is 7.92. The van der Waals surface area contributed by atoms with Crippen molar-refractivity contribution in [3.05, 3.63) is 0 Å². The lowest BCUT2D eigenvalue weighted by Crippen LogP contribution is -2.33. The van der Waals surface area contributed by atoms with Gasteiger partial charge in [0.2, 0.25) is 0 Å². The van der Waals surface area contributed by atoms with Crippen molar-refractivity contribution in [3.8, 4) is 0 Å². The van der Waals surface area contributed by atoms with Gasteiger partial charge in [0.05, 0.1) is 13.0 Å². The third-order valence-electron chi connectivity index (χ3n) is 3.21. The van der Waals surface area contributed by atoms with Crippen molar-refractivity contribution >= 4 is 5.97 Å². The smallest absolute Gasteiger partial charge is 0.307 e. The predicted molar refractivity (Wildman–Crippen MR) is 60.4 cm³/mol. The van der Waals surface area contributed by atoms with E-state index in [1.165, 1.54) is 38.5 Å². The molecule has 88 valence electrons. The summed E-state index contributed by atoms with van der Waals surface area (Å²) in [6, 6.07) is 0.00199. The lowest BCUT2D eigenvalue weighted by Gasteiger charge is -2.21. The molecular formula is C12H23NO2. The van der Waals surface area contributed by atoms with Crippen molar-refractivity contribution in [2.24, 2.45) is 11.7 Å². The topological polar surface area (TPSA) is 52.3 Å². The summed E-state index contributed by atoms with van der Waals surface area (Å²) in [7, 11) is 0. The van der Waals surface area contributed by atoms with E-state index in [1.807, 2.05) is 6.92 Å². The van der Waals surface area contributed by atoms with Crippen molar-refractivity contribution in [3.63, 3.8) is 0 Å². The molecule has 1 aliphatic carbocycles. The van der Waals surface area contributed by atoms with Gasteiger partial charge in [-0.2, -0.15) is 0 Å². The summed E-state index contributed by atoms with van der Waals surface area (Å²) in [4.78, 5) is 11.3. The van der Waals surface area contributed by atoms with Crippen LogP contribution in [0.5, 0.6) is 0 Å². The second kappa shape index (κ2) is 6.83. The number of esters is 1. The van der Waals surface area contributed by atoms with E-state index < -0.39 is 0 Å². The van der Waals surface area contributed by atoms with Crippen LogP contribution in [-0.4, -0.2) is 18.6 Å². The Labute approximate surface area is 92.4 Å². The molecule has 0 aromatic carbocycles. The average Bonchev–Trinajstić information content (AvgIpc) is 2.45. The molecule has 3 nitrogen and oxygen atoms in total. The predicted octanol–water partition coefficient (Wildman–Crippen LogP) is 2.24. The second-order valence-electron chi connectivity index (χ2n) is 4.42. The molecule has 0 unspecified atom stereocenters. The molecule has 0 heterocycles. The summed E-state index contributed by atoms with van der Waals surface area (Å²) in [6.45, 7) is 2.28. The van der Waals surface area contributed by atoms with Crippen LogP contribution in [-0.2, 0) is 9.53 Å². The van der Waals surface area contributed by atoms with Gasteiger partial charge in [-0.3, -0.25) is 4.79 Å². The zero-order valence-corrected chi connectivity index (χ0v) is 9.71. The fourth-order valence-corrected chi connectivity index (χ4v) is 2.32. The minimum absolute atomic E-state index is 0.00199. The maximum atomic E-state index is 11.3. The maximum Gasteiger partial charge on any atom is 0.307 e. The van der Waals surface area contributed by atoms with E-state index in [0.29, 0.717) is 18.9 Å². The first-order chi connectivity index (χ1) is 7.24. The first kappa shape index (κ1) is 12.5. The fourth-order valence-electron chi connectivity index (χ4n) is 2.32. The molecule has 15 heavy (non-hydrogen) atoms. The molecule has 1 aliphatic rings. The Morgan fingerprint density at radius 1 is 1.33 bits per heavy atom. The molecule has 0 amide bonds. The lowest BCUT2D eigenvalue weighted by molar-refractivity contribution is -0.143. The van der Waals surface area contributed by atoms with Gasteiger partial charge in [-0.05, 0) is 25.7 Å². The highest BCUT2D eigenvalue weighted by atomic mass is 16.5. The standard InChI is InChI=1S/C12H23NO2/c1-2-15-12(14)9-11(13)10-7-5-3-4-6-8-10/h10-11H,2-9,13H2,1H3/t11-/m1/s1. The Kier molecular flexibility index (Phi) is 5.69. The molecule has 2 N–H and O–H groups in total. The highest BCUT2D eigenvalue weighted by molar-refractivity contribution is 5.70.